The first-order valence-corrected chi connectivity index (χ1v) is 16.3. The molecular formula is C36H46F4N4O2. The molecule has 0 aliphatic heterocycles. The van der Waals surface area contributed by atoms with E-state index in [2.05, 4.69) is 24.5 Å². The predicted molar refractivity (Wildman–Crippen MR) is 176 cm³/mol. The Kier molecular flexibility index (Phi) is 15.4. The van der Waals surface area contributed by atoms with E-state index in [9.17, 15) is 27.2 Å². The van der Waals surface area contributed by atoms with E-state index in [4.69, 9.17) is 0 Å². The molecule has 0 radical (unpaired) electrons. The smallest absolute Gasteiger partial charge is 0.320 e. The first kappa shape index (κ1) is 36.4. The fraction of sp³-hybridized carbons (Fsp3) is 0.444. The molecule has 0 fully saturated rings. The van der Waals surface area contributed by atoms with Crippen LogP contribution in [0.1, 0.15) is 89.2 Å². The third-order valence-corrected chi connectivity index (χ3v) is 7.75. The predicted octanol–water partition coefficient (Wildman–Crippen LogP) is 10.3. The molecule has 250 valence electrons. The van der Waals surface area contributed by atoms with Crippen molar-refractivity contribution in [2.24, 2.45) is 0 Å². The van der Waals surface area contributed by atoms with Gasteiger partial charge < -0.3 is 20.4 Å². The van der Waals surface area contributed by atoms with E-state index in [0.29, 0.717) is 13.1 Å². The number of hydrogen-bond donors (Lipinski definition) is 2. The summed E-state index contributed by atoms with van der Waals surface area (Å²) in [6, 6.07) is 12.6. The first-order chi connectivity index (χ1) is 22.2. The number of hydrogen-bond acceptors (Lipinski definition) is 2. The summed E-state index contributed by atoms with van der Waals surface area (Å²) < 4.78 is 55.2. The molecular weight excluding hydrogens is 596 g/mol. The van der Waals surface area contributed by atoms with Crippen molar-refractivity contribution in [3.63, 3.8) is 0 Å². The minimum absolute atomic E-state index is 0.0914. The summed E-state index contributed by atoms with van der Waals surface area (Å²) in [6.45, 7) is 5.73. The summed E-state index contributed by atoms with van der Waals surface area (Å²) >= 11 is 0. The molecule has 3 aromatic carbocycles. The van der Waals surface area contributed by atoms with Gasteiger partial charge in [0.25, 0.3) is 0 Å². The molecule has 6 nitrogen and oxygen atoms in total. The summed E-state index contributed by atoms with van der Waals surface area (Å²) in [5.74, 6) is -3.14. The maximum atomic E-state index is 14.2. The van der Waals surface area contributed by atoms with E-state index < -0.39 is 35.3 Å². The lowest BCUT2D eigenvalue weighted by atomic mass is 10.1. The monoisotopic (exact) mass is 642 g/mol. The van der Waals surface area contributed by atoms with Gasteiger partial charge in [-0.2, -0.15) is 0 Å². The second kappa shape index (κ2) is 19.4. The third-order valence-electron chi connectivity index (χ3n) is 7.75. The lowest BCUT2D eigenvalue weighted by Gasteiger charge is -2.25. The number of urea groups is 2. The highest BCUT2D eigenvalue weighted by molar-refractivity contribution is 5.90. The molecule has 0 aliphatic rings. The van der Waals surface area contributed by atoms with Crippen LogP contribution >= 0.6 is 0 Å². The van der Waals surface area contributed by atoms with Crippen LogP contribution in [0.4, 0.5) is 38.5 Å². The Labute approximate surface area is 270 Å². The van der Waals surface area contributed by atoms with Crippen LogP contribution in [0.3, 0.4) is 0 Å². The number of halogens is 4. The maximum absolute atomic E-state index is 14.2. The fourth-order valence-corrected chi connectivity index (χ4v) is 5.08. The van der Waals surface area contributed by atoms with Crippen LogP contribution in [0.2, 0.25) is 0 Å². The second-order valence-corrected chi connectivity index (χ2v) is 11.6. The van der Waals surface area contributed by atoms with E-state index in [1.165, 1.54) is 12.1 Å². The summed E-state index contributed by atoms with van der Waals surface area (Å²) in [5, 5.41) is 5.13. The van der Waals surface area contributed by atoms with Gasteiger partial charge in [-0.05, 0) is 48.2 Å². The zero-order valence-electron chi connectivity index (χ0n) is 26.9. The fourth-order valence-electron chi connectivity index (χ4n) is 5.08. The zero-order valence-corrected chi connectivity index (χ0v) is 26.9. The molecule has 0 atom stereocenters. The van der Waals surface area contributed by atoms with Gasteiger partial charge in [0.05, 0.1) is 11.4 Å². The van der Waals surface area contributed by atoms with Crippen molar-refractivity contribution in [1.82, 2.24) is 9.80 Å². The number of benzene rings is 3. The van der Waals surface area contributed by atoms with Crippen LogP contribution < -0.4 is 10.6 Å². The standard InChI is InChI=1S/C36H46F4N4O2/c1-3-5-7-9-11-21-43(35(45)41-33-19-17-29(37)23-31(33)39)25-27-13-15-28(16-14-27)26-44(22-12-10-8-6-4-2)36(46)42-34-20-18-30(38)24-32(34)40/h13-20,23-24H,3-12,21-22,25-26H2,1-2H3,(H,41,45)(H,42,46). The van der Waals surface area contributed by atoms with Gasteiger partial charge in [0.1, 0.15) is 23.3 Å². The van der Waals surface area contributed by atoms with E-state index >= 15 is 0 Å². The lowest BCUT2D eigenvalue weighted by Crippen LogP contribution is -2.36. The molecule has 46 heavy (non-hydrogen) atoms. The highest BCUT2D eigenvalue weighted by atomic mass is 19.1. The van der Waals surface area contributed by atoms with Crippen LogP contribution in [0.5, 0.6) is 0 Å². The molecule has 3 aromatic rings. The molecule has 4 amide bonds. The number of carbonyl (C=O) groups excluding carboxylic acids is 2. The molecule has 0 unspecified atom stereocenters. The van der Waals surface area contributed by atoms with Crippen molar-refractivity contribution < 1.29 is 27.2 Å². The van der Waals surface area contributed by atoms with E-state index in [1.807, 2.05) is 24.3 Å². The summed E-state index contributed by atoms with van der Waals surface area (Å²) in [6.07, 6.45) is 10.0. The zero-order chi connectivity index (χ0) is 33.3. The second-order valence-electron chi connectivity index (χ2n) is 11.6. The van der Waals surface area contributed by atoms with Crippen molar-refractivity contribution >= 4 is 23.4 Å². The average molecular weight is 643 g/mol. The van der Waals surface area contributed by atoms with Crippen LogP contribution in [0.15, 0.2) is 60.7 Å². The third kappa shape index (κ3) is 12.4. The van der Waals surface area contributed by atoms with Crippen molar-refractivity contribution in [1.29, 1.82) is 0 Å². The Hall–Kier alpha value is -4.08. The number of anilines is 2. The van der Waals surface area contributed by atoms with Crippen molar-refractivity contribution in [2.45, 2.75) is 91.1 Å². The molecule has 0 aromatic heterocycles. The normalized spacial score (nSPS) is 10.9. The minimum Gasteiger partial charge on any atom is -0.320 e. The highest BCUT2D eigenvalue weighted by Crippen LogP contribution is 2.20. The highest BCUT2D eigenvalue weighted by Gasteiger charge is 2.18. The minimum atomic E-state index is -0.846. The number of unbranched alkanes of at least 4 members (excludes halogenated alkanes) is 8. The van der Waals surface area contributed by atoms with Gasteiger partial charge in [0.2, 0.25) is 0 Å². The lowest BCUT2D eigenvalue weighted by molar-refractivity contribution is 0.206. The largest absolute Gasteiger partial charge is 0.322 e. The number of carbonyl (C=O) groups is 2. The van der Waals surface area contributed by atoms with E-state index in [1.54, 1.807) is 9.80 Å². The summed E-state index contributed by atoms with van der Waals surface area (Å²) in [5.41, 5.74) is 1.50. The van der Waals surface area contributed by atoms with Crippen molar-refractivity contribution in [3.05, 3.63) is 95.1 Å². The Morgan fingerprint density at radius 3 is 1.26 bits per heavy atom. The van der Waals surface area contributed by atoms with E-state index in [0.717, 1.165) is 99.6 Å². The van der Waals surface area contributed by atoms with Crippen LogP contribution in [-0.4, -0.2) is 35.0 Å². The Bertz CT molecular complexity index is 1280. The Morgan fingerprint density at radius 1 is 0.543 bits per heavy atom. The van der Waals surface area contributed by atoms with Gasteiger partial charge in [-0.3, -0.25) is 0 Å². The first-order valence-electron chi connectivity index (χ1n) is 16.3. The van der Waals surface area contributed by atoms with Gasteiger partial charge >= 0.3 is 12.1 Å². The summed E-state index contributed by atoms with van der Waals surface area (Å²) in [4.78, 5) is 29.6. The van der Waals surface area contributed by atoms with E-state index in [-0.39, 0.29) is 24.5 Å². The van der Waals surface area contributed by atoms with Crippen molar-refractivity contribution in [3.8, 4) is 0 Å². The topological polar surface area (TPSA) is 64.7 Å². The van der Waals surface area contributed by atoms with Gasteiger partial charge in [-0.25, -0.2) is 27.2 Å². The summed E-state index contributed by atoms with van der Waals surface area (Å²) in [7, 11) is 0. The maximum Gasteiger partial charge on any atom is 0.322 e. The molecule has 0 bridgehead atoms. The molecule has 0 saturated heterocycles. The molecule has 2 N–H and O–H groups in total. The van der Waals surface area contributed by atoms with Gasteiger partial charge in [0.15, 0.2) is 0 Å². The Morgan fingerprint density at radius 2 is 0.913 bits per heavy atom. The molecule has 0 saturated carbocycles. The van der Waals surface area contributed by atoms with Crippen LogP contribution in [0.25, 0.3) is 0 Å². The molecule has 0 aliphatic carbocycles. The van der Waals surface area contributed by atoms with Gasteiger partial charge in [-0.15, -0.1) is 0 Å². The van der Waals surface area contributed by atoms with Crippen LogP contribution in [0, 0.1) is 23.3 Å². The molecule has 0 spiro atoms. The SMILES string of the molecule is CCCCCCCN(Cc1ccc(CN(CCCCCCC)C(=O)Nc2ccc(F)cc2F)cc1)C(=O)Nc1ccc(F)cc1F. The molecule has 0 heterocycles. The molecule has 3 rings (SSSR count). The van der Waals surface area contributed by atoms with Crippen molar-refractivity contribution in [2.75, 3.05) is 23.7 Å². The number of amides is 4. The number of nitrogens with zero attached hydrogens (tertiary/aromatic N) is 2. The number of rotatable bonds is 18. The van der Waals surface area contributed by atoms with Gasteiger partial charge in [0, 0.05) is 38.3 Å². The number of nitrogens with one attached hydrogen (secondary N) is 2. The molecule has 10 heteroatoms. The quantitative estimate of drug-likeness (QED) is 0.107. The van der Waals surface area contributed by atoms with Gasteiger partial charge in [-0.1, -0.05) is 89.5 Å². The van der Waals surface area contributed by atoms with Crippen LogP contribution in [-0.2, 0) is 13.1 Å². The average Bonchev–Trinajstić information content (AvgIpc) is 3.03. The Balaban J connectivity index is 1.69.